The normalized spacial score (nSPS) is 24.8. The van der Waals surface area contributed by atoms with Gasteiger partial charge in [-0.15, -0.1) is 0 Å². The molecule has 2 fully saturated rings. The van der Waals surface area contributed by atoms with Crippen molar-refractivity contribution in [1.29, 1.82) is 0 Å². The highest BCUT2D eigenvalue weighted by atomic mass is 16.5. The van der Waals surface area contributed by atoms with Crippen LogP contribution in [0.2, 0.25) is 0 Å². The molecule has 0 spiro atoms. The van der Waals surface area contributed by atoms with E-state index in [1.165, 1.54) is 96.3 Å². The number of hydrogen-bond donors (Lipinski definition) is 0. The van der Waals surface area contributed by atoms with Crippen LogP contribution < -0.4 is 0 Å². The number of rotatable bonds is 13. The Bertz CT molecular complexity index is 391. The van der Waals surface area contributed by atoms with Crippen LogP contribution in [0.1, 0.15) is 136 Å². The summed E-state index contributed by atoms with van der Waals surface area (Å²) in [5.41, 5.74) is 0. The van der Waals surface area contributed by atoms with E-state index in [-0.39, 0.29) is 12.1 Å². The lowest BCUT2D eigenvalue weighted by molar-refractivity contribution is -0.150. The highest BCUT2D eigenvalue weighted by molar-refractivity contribution is 5.69. The standard InChI is InChI=1S/C26H48O2/c1-3-4-5-6-8-11-23-17-19-24(20-18-23)16-14-22(2)15-21-26(27)28-25-12-9-7-10-13-25/h22-25H,3-21H2,1-2H3/t22?,23-,24-. The van der Waals surface area contributed by atoms with Crippen LogP contribution in [0.5, 0.6) is 0 Å². The quantitative estimate of drug-likeness (QED) is 0.233. The number of esters is 1. The molecule has 2 aliphatic rings. The average Bonchev–Trinajstić information content (AvgIpc) is 2.72. The van der Waals surface area contributed by atoms with E-state index in [0.29, 0.717) is 12.3 Å². The fourth-order valence-electron chi connectivity index (χ4n) is 5.30. The Morgan fingerprint density at radius 2 is 1.46 bits per heavy atom. The Labute approximate surface area is 175 Å². The molecule has 0 aromatic rings. The molecule has 2 rings (SSSR count). The van der Waals surface area contributed by atoms with Crippen LogP contribution in [0, 0.1) is 17.8 Å². The third kappa shape index (κ3) is 10.3. The average molecular weight is 393 g/mol. The fourth-order valence-corrected chi connectivity index (χ4v) is 5.30. The maximum Gasteiger partial charge on any atom is 0.306 e. The zero-order chi connectivity index (χ0) is 20.0. The summed E-state index contributed by atoms with van der Waals surface area (Å²) in [5, 5.41) is 0. The molecule has 1 atom stereocenters. The van der Waals surface area contributed by atoms with Gasteiger partial charge in [-0.25, -0.2) is 0 Å². The van der Waals surface area contributed by atoms with Gasteiger partial charge in [0, 0.05) is 6.42 Å². The Hall–Kier alpha value is -0.530. The number of ether oxygens (including phenoxy) is 1. The zero-order valence-corrected chi connectivity index (χ0v) is 19.1. The Kier molecular flexibility index (Phi) is 12.3. The van der Waals surface area contributed by atoms with Gasteiger partial charge in [-0.2, -0.15) is 0 Å². The maximum atomic E-state index is 12.1. The molecule has 0 bridgehead atoms. The molecular formula is C26H48O2. The summed E-state index contributed by atoms with van der Waals surface area (Å²) in [6, 6.07) is 0. The van der Waals surface area contributed by atoms with Gasteiger partial charge in [0.25, 0.3) is 0 Å². The van der Waals surface area contributed by atoms with Gasteiger partial charge in [-0.3, -0.25) is 4.79 Å². The SMILES string of the molecule is CCCCCCC[C@H]1CC[C@H](CCC(C)CCC(=O)OC2CCCCC2)CC1. The molecule has 0 saturated heterocycles. The molecule has 2 heteroatoms. The smallest absolute Gasteiger partial charge is 0.306 e. The Balaban J connectivity index is 1.46. The van der Waals surface area contributed by atoms with Crippen molar-refractivity contribution >= 4 is 5.97 Å². The zero-order valence-electron chi connectivity index (χ0n) is 19.1. The first-order chi connectivity index (χ1) is 13.7. The molecule has 0 aromatic carbocycles. The van der Waals surface area contributed by atoms with Crippen molar-refractivity contribution in [2.45, 2.75) is 142 Å². The molecule has 164 valence electrons. The summed E-state index contributed by atoms with van der Waals surface area (Å²) >= 11 is 0. The van der Waals surface area contributed by atoms with E-state index in [4.69, 9.17) is 4.74 Å². The summed E-state index contributed by atoms with van der Waals surface area (Å²) in [5.74, 6) is 2.69. The van der Waals surface area contributed by atoms with Crippen molar-refractivity contribution < 1.29 is 9.53 Å². The third-order valence-electron chi connectivity index (χ3n) is 7.44. The summed E-state index contributed by atoms with van der Waals surface area (Å²) in [7, 11) is 0. The van der Waals surface area contributed by atoms with Gasteiger partial charge in [0.05, 0.1) is 0 Å². The van der Waals surface area contributed by atoms with E-state index in [9.17, 15) is 4.79 Å². The second-order valence-electron chi connectivity index (χ2n) is 10.1. The molecule has 1 unspecified atom stereocenters. The molecule has 2 saturated carbocycles. The van der Waals surface area contributed by atoms with E-state index in [0.717, 1.165) is 31.1 Å². The summed E-state index contributed by atoms with van der Waals surface area (Å²) in [4.78, 5) is 12.1. The van der Waals surface area contributed by atoms with Crippen LogP contribution in [0.15, 0.2) is 0 Å². The van der Waals surface area contributed by atoms with E-state index in [1.807, 2.05) is 0 Å². The van der Waals surface area contributed by atoms with Crippen molar-refractivity contribution in [3.63, 3.8) is 0 Å². The van der Waals surface area contributed by atoms with Gasteiger partial charge in [-0.05, 0) is 49.9 Å². The number of unbranched alkanes of at least 4 members (excludes halogenated alkanes) is 4. The Morgan fingerprint density at radius 3 is 2.14 bits per heavy atom. The monoisotopic (exact) mass is 392 g/mol. The van der Waals surface area contributed by atoms with Gasteiger partial charge in [-0.1, -0.05) is 97.3 Å². The molecule has 2 aliphatic carbocycles. The molecule has 2 nitrogen and oxygen atoms in total. The van der Waals surface area contributed by atoms with Crippen LogP contribution in [0.4, 0.5) is 0 Å². The molecule has 0 aromatic heterocycles. The summed E-state index contributed by atoms with van der Waals surface area (Å²) in [6.07, 6.45) is 24.9. The van der Waals surface area contributed by atoms with Gasteiger partial charge in [0.2, 0.25) is 0 Å². The van der Waals surface area contributed by atoms with Crippen LogP contribution in [0.25, 0.3) is 0 Å². The van der Waals surface area contributed by atoms with E-state index < -0.39 is 0 Å². The minimum Gasteiger partial charge on any atom is -0.462 e. The molecule has 0 N–H and O–H groups in total. The highest BCUT2D eigenvalue weighted by Gasteiger charge is 2.22. The molecule has 0 heterocycles. The van der Waals surface area contributed by atoms with E-state index in [2.05, 4.69) is 13.8 Å². The van der Waals surface area contributed by atoms with Crippen molar-refractivity contribution in [2.24, 2.45) is 17.8 Å². The molecular weight excluding hydrogens is 344 g/mol. The maximum absolute atomic E-state index is 12.1. The van der Waals surface area contributed by atoms with Gasteiger partial charge in [0.1, 0.15) is 6.10 Å². The number of hydrogen-bond acceptors (Lipinski definition) is 2. The topological polar surface area (TPSA) is 26.3 Å². The molecule has 0 radical (unpaired) electrons. The lowest BCUT2D eigenvalue weighted by atomic mass is 9.77. The molecule has 0 aliphatic heterocycles. The van der Waals surface area contributed by atoms with Gasteiger partial charge in [0.15, 0.2) is 0 Å². The van der Waals surface area contributed by atoms with Crippen molar-refractivity contribution in [3.8, 4) is 0 Å². The van der Waals surface area contributed by atoms with Crippen molar-refractivity contribution in [2.75, 3.05) is 0 Å². The number of carbonyl (C=O) groups is 1. The first-order valence-electron chi connectivity index (χ1n) is 12.9. The third-order valence-corrected chi connectivity index (χ3v) is 7.44. The summed E-state index contributed by atoms with van der Waals surface area (Å²) < 4.78 is 5.66. The minimum absolute atomic E-state index is 0.0539. The van der Waals surface area contributed by atoms with Crippen LogP contribution in [-0.2, 0) is 9.53 Å². The van der Waals surface area contributed by atoms with Crippen LogP contribution in [0.3, 0.4) is 0 Å². The van der Waals surface area contributed by atoms with Crippen LogP contribution in [-0.4, -0.2) is 12.1 Å². The first-order valence-corrected chi connectivity index (χ1v) is 12.9. The minimum atomic E-state index is 0.0539. The number of carbonyl (C=O) groups excluding carboxylic acids is 1. The predicted molar refractivity (Wildman–Crippen MR) is 119 cm³/mol. The largest absolute Gasteiger partial charge is 0.462 e. The van der Waals surface area contributed by atoms with Gasteiger partial charge < -0.3 is 4.74 Å². The lowest BCUT2D eigenvalue weighted by Gasteiger charge is -2.29. The first kappa shape index (κ1) is 23.7. The molecule has 0 amide bonds. The Morgan fingerprint density at radius 1 is 0.821 bits per heavy atom. The lowest BCUT2D eigenvalue weighted by Crippen LogP contribution is -2.21. The predicted octanol–water partition coefficient (Wildman–Crippen LogP) is 8.23. The second-order valence-corrected chi connectivity index (χ2v) is 10.1. The highest BCUT2D eigenvalue weighted by Crippen LogP contribution is 2.35. The second kappa shape index (κ2) is 14.5. The van der Waals surface area contributed by atoms with Crippen LogP contribution >= 0.6 is 0 Å². The van der Waals surface area contributed by atoms with E-state index in [1.54, 1.807) is 0 Å². The van der Waals surface area contributed by atoms with E-state index >= 15 is 0 Å². The van der Waals surface area contributed by atoms with Gasteiger partial charge >= 0.3 is 5.97 Å². The molecule has 28 heavy (non-hydrogen) atoms. The summed E-state index contributed by atoms with van der Waals surface area (Å²) in [6.45, 7) is 4.63. The van der Waals surface area contributed by atoms with Crippen molar-refractivity contribution in [3.05, 3.63) is 0 Å². The fraction of sp³-hybridized carbons (Fsp3) is 0.962. The van der Waals surface area contributed by atoms with Crippen molar-refractivity contribution in [1.82, 2.24) is 0 Å².